The second-order valence-corrected chi connectivity index (χ2v) is 6.25. The van der Waals surface area contributed by atoms with Gasteiger partial charge < -0.3 is 0 Å². The van der Waals surface area contributed by atoms with Crippen LogP contribution in [-0.4, -0.2) is 29.6 Å². The van der Waals surface area contributed by atoms with Crippen LogP contribution >= 0.6 is 0 Å². The number of nitrogens with two attached hydrogens (primary N) is 1. The molecule has 1 atom stereocenters. The van der Waals surface area contributed by atoms with Crippen molar-refractivity contribution < 1.29 is 4.39 Å². The lowest BCUT2D eigenvalue weighted by molar-refractivity contribution is 0.0611. The molecule has 0 amide bonds. The largest absolute Gasteiger partial charge is 0.297 e. The van der Waals surface area contributed by atoms with Crippen molar-refractivity contribution in [2.75, 3.05) is 13.1 Å². The van der Waals surface area contributed by atoms with Gasteiger partial charge >= 0.3 is 0 Å². The minimum absolute atomic E-state index is 0.0402. The number of nitrogens with one attached hydrogen (secondary N) is 1. The lowest BCUT2D eigenvalue weighted by atomic mass is 9.86. The van der Waals surface area contributed by atoms with Crippen LogP contribution < -0.4 is 11.3 Å². The van der Waals surface area contributed by atoms with E-state index in [2.05, 4.69) is 24.2 Å². The monoisotopic (exact) mass is 279 g/mol. The van der Waals surface area contributed by atoms with Gasteiger partial charge in [0.15, 0.2) is 0 Å². The molecule has 20 heavy (non-hydrogen) atoms. The van der Waals surface area contributed by atoms with Crippen molar-refractivity contribution in [1.29, 1.82) is 0 Å². The topological polar surface area (TPSA) is 41.3 Å². The minimum Gasteiger partial charge on any atom is -0.297 e. The molecule has 1 aromatic rings. The van der Waals surface area contributed by atoms with E-state index in [-0.39, 0.29) is 17.4 Å². The summed E-state index contributed by atoms with van der Waals surface area (Å²) in [7, 11) is 0. The van der Waals surface area contributed by atoms with Crippen molar-refractivity contribution in [2.45, 2.75) is 51.1 Å². The van der Waals surface area contributed by atoms with E-state index >= 15 is 0 Å². The van der Waals surface area contributed by atoms with Crippen LogP contribution in [0.1, 0.15) is 38.7 Å². The Morgan fingerprint density at radius 1 is 1.30 bits per heavy atom. The number of hydrogen-bond donors (Lipinski definition) is 2. The van der Waals surface area contributed by atoms with Gasteiger partial charge in [0.2, 0.25) is 0 Å². The maximum atomic E-state index is 13.3. The number of nitrogens with zero attached hydrogens (tertiary/aromatic N) is 1. The molecule has 1 unspecified atom stereocenters. The summed E-state index contributed by atoms with van der Waals surface area (Å²) < 4.78 is 13.3. The molecule has 1 saturated heterocycles. The Morgan fingerprint density at radius 2 is 2.00 bits per heavy atom. The fraction of sp³-hybridized carbons (Fsp3) is 0.625. The van der Waals surface area contributed by atoms with Crippen LogP contribution in [0.2, 0.25) is 0 Å². The summed E-state index contributed by atoms with van der Waals surface area (Å²) in [6.45, 7) is 6.69. The normalized spacial score (nSPS) is 19.0. The summed E-state index contributed by atoms with van der Waals surface area (Å²) in [5.41, 5.74) is 3.89. The molecule has 0 spiro atoms. The maximum Gasteiger partial charge on any atom is 0.123 e. The van der Waals surface area contributed by atoms with Gasteiger partial charge in [-0.2, -0.15) is 0 Å². The van der Waals surface area contributed by atoms with Gasteiger partial charge in [-0.3, -0.25) is 16.2 Å². The van der Waals surface area contributed by atoms with Gasteiger partial charge in [0.25, 0.3) is 0 Å². The van der Waals surface area contributed by atoms with Gasteiger partial charge in [-0.05, 0) is 63.9 Å². The molecular weight excluding hydrogens is 253 g/mol. The molecule has 0 aromatic heterocycles. The molecule has 4 heteroatoms. The maximum absolute atomic E-state index is 13.3. The Balaban J connectivity index is 2.09. The Labute approximate surface area is 121 Å². The Bertz CT molecular complexity index is 427. The van der Waals surface area contributed by atoms with Gasteiger partial charge in [0, 0.05) is 11.6 Å². The van der Waals surface area contributed by atoms with Gasteiger partial charge in [-0.1, -0.05) is 18.6 Å². The molecule has 2 rings (SSSR count). The number of hydrogen-bond acceptors (Lipinski definition) is 3. The molecule has 0 aliphatic carbocycles. The SMILES string of the molecule is CC(C)(C(Cc1cccc(F)c1)NN)N1CCCCC1. The first-order valence-electron chi connectivity index (χ1n) is 7.49. The minimum atomic E-state index is -0.186. The molecule has 0 bridgehead atoms. The van der Waals surface area contributed by atoms with E-state index in [0.717, 1.165) is 25.1 Å². The van der Waals surface area contributed by atoms with Crippen molar-refractivity contribution in [1.82, 2.24) is 10.3 Å². The Hall–Kier alpha value is -0.970. The quantitative estimate of drug-likeness (QED) is 0.642. The zero-order valence-electron chi connectivity index (χ0n) is 12.5. The molecule has 1 heterocycles. The van der Waals surface area contributed by atoms with Crippen LogP contribution in [-0.2, 0) is 6.42 Å². The van der Waals surface area contributed by atoms with E-state index in [0.29, 0.717) is 0 Å². The van der Waals surface area contributed by atoms with Crippen LogP contribution in [0.3, 0.4) is 0 Å². The fourth-order valence-corrected chi connectivity index (χ4v) is 3.10. The number of likely N-dealkylation sites (tertiary alicyclic amines) is 1. The summed E-state index contributed by atoms with van der Waals surface area (Å²) in [6, 6.07) is 6.88. The molecule has 0 radical (unpaired) electrons. The smallest absolute Gasteiger partial charge is 0.123 e. The van der Waals surface area contributed by atoms with Crippen LogP contribution in [0.25, 0.3) is 0 Å². The zero-order valence-corrected chi connectivity index (χ0v) is 12.5. The van der Waals surface area contributed by atoms with Crippen LogP contribution in [0.4, 0.5) is 4.39 Å². The van der Waals surface area contributed by atoms with Gasteiger partial charge in [-0.15, -0.1) is 0 Å². The second kappa shape index (κ2) is 6.66. The van der Waals surface area contributed by atoms with Crippen molar-refractivity contribution in [3.05, 3.63) is 35.6 Å². The van der Waals surface area contributed by atoms with Gasteiger partial charge in [0.1, 0.15) is 5.82 Å². The predicted molar refractivity (Wildman–Crippen MR) is 80.7 cm³/mol. The average Bonchev–Trinajstić information content (AvgIpc) is 2.45. The summed E-state index contributed by atoms with van der Waals surface area (Å²) in [5.74, 6) is 5.59. The van der Waals surface area contributed by atoms with Crippen LogP contribution in [0, 0.1) is 5.82 Å². The van der Waals surface area contributed by atoms with Crippen molar-refractivity contribution >= 4 is 0 Å². The lowest BCUT2D eigenvalue weighted by Crippen LogP contribution is -2.61. The fourth-order valence-electron chi connectivity index (χ4n) is 3.10. The Morgan fingerprint density at radius 3 is 2.60 bits per heavy atom. The lowest BCUT2D eigenvalue weighted by Gasteiger charge is -2.45. The molecular formula is C16H26FN3. The standard InChI is InChI=1S/C16H26FN3/c1-16(2,20-9-4-3-5-10-20)15(19-18)12-13-7-6-8-14(17)11-13/h6-8,11,15,19H,3-5,9-10,12,18H2,1-2H3. The summed E-state index contributed by atoms with van der Waals surface area (Å²) >= 11 is 0. The number of rotatable bonds is 5. The first-order valence-corrected chi connectivity index (χ1v) is 7.49. The zero-order chi connectivity index (χ0) is 14.6. The van der Waals surface area contributed by atoms with E-state index in [1.165, 1.54) is 25.3 Å². The van der Waals surface area contributed by atoms with Crippen LogP contribution in [0.15, 0.2) is 24.3 Å². The average molecular weight is 279 g/mol. The number of halogens is 1. The summed E-state index contributed by atoms with van der Waals surface area (Å²) in [4.78, 5) is 2.50. The second-order valence-electron chi connectivity index (χ2n) is 6.25. The number of hydrazine groups is 1. The molecule has 1 aliphatic rings. The highest BCUT2D eigenvalue weighted by atomic mass is 19.1. The molecule has 3 N–H and O–H groups in total. The first kappa shape index (κ1) is 15.4. The highest BCUT2D eigenvalue weighted by molar-refractivity contribution is 5.18. The van der Waals surface area contributed by atoms with E-state index in [1.807, 2.05) is 6.07 Å². The van der Waals surface area contributed by atoms with Crippen molar-refractivity contribution in [3.8, 4) is 0 Å². The third-order valence-corrected chi connectivity index (χ3v) is 4.55. The third kappa shape index (κ3) is 3.57. The van der Waals surface area contributed by atoms with E-state index in [9.17, 15) is 4.39 Å². The van der Waals surface area contributed by atoms with Crippen LogP contribution in [0.5, 0.6) is 0 Å². The Kier molecular flexibility index (Phi) is 5.13. The number of benzene rings is 1. The summed E-state index contributed by atoms with van der Waals surface area (Å²) in [6.07, 6.45) is 4.55. The molecule has 1 aromatic carbocycles. The predicted octanol–water partition coefficient (Wildman–Crippen LogP) is 2.46. The molecule has 1 fully saturated rings. The molecule has 3 nitrogen and oxygen atoms in total. The summed E-state index contributed by atoms with van der Waals surface area (Å²) in [5, 5.41) is 0. The van der Waals surface area contributed by atoms with E-state index in [4.69, 9.17) is 5.84 Å². The molecule has 0 saturated carbocycles. The third-order valence-electron chi connectivity index (χ3n) is 4.55. The highest BCUT2D eigenvalue weighted by Gasteiger charge is 2.35. The van der Waals surface area contributed by atoms with Gasteiger partial charge in [0.05, 0.1) is 0 Å². The van der Waals surface area contributed by atoms with E-state index < -0.39 is 0 Å². The molecule has 1 aliphatic heterocycles. The first-order chi connectivity index (χ1) is 9.54. The molecule has 112 valence electrons. The number of piperidine rings is 1. The van der Waals surface area contributed by atoms with Crippen molar-refractivity contribution in [2.24, 2.45) is 5.84 Å². The highest BCUT2D eigenvalue weighted by Crippen LogP contribution is 2.25. The van der Waals surface area contributed by atoms with Gasteiger partial charge in [-0.25, -0.2) is 4.39 Å². The van der Waals surface area contributed by atoms with E-state index in [1.54, 1.807) is 12.1 Å². The van der Waals surface area contributed by atoms with Crippen molar-refractivity contribution in [3.63, 3.8) is 0 Å².